The van der Waals surface area contributed by atoms with Crippen LogP contribution in [-0.2, 0) is 29.5 Å². The summed E-state index contributed by atoms with van der Waals surface area (Å²) in [7, 11) is 1.85. The average molecular weight is 375 g/mol. The molecule has 0 saturated carbocycles. The molecular formula is C19H23ClN4O2. The summed E-state index contributed by atoms with van der Waals surface area (Å²) in [6.07, 6.45) is 5.85. The maximum absolute atomic E-state index is 12.2. The molecule has 1 aliphatic heterocycles. The molecule has 2 amide bonds. The summed E-state index contributed by atoms with van der Waals surface area (Å²) >= 11 is 5.99. The van der Waals surface area contributed by atoms with Gasteiger partial charge in [0.05, 0.1) is 12.2 Å². The first-order valence-electron chi connectivity index (χ1n) is 8.79. The molecule has 0 bridgehead atoms. The molecule has 7 heteroatoms. The minimum absolute atomic E-state index is 0.0247. The van der Waals surface area contributed by atoms with Gasteiger partial charge in [-0.05, 0) is 36.1 Å². The van der Waals surface area contributed by atoms with Crippen molar-refractivity contribution in [3.63, 3.8) is 0 Å². The summed E-state index contributed by atoms with van der Waals surface area (Å²) in [5.41, 5.74) is 2.14. The first kappa shape index (κ1) is 18.5. The van der Waals surface area contributed by atoms with Gasteiger partial charge in [-0.2, -0.15) is 5.10 Å². The van der Waals surface area contributed by atoms with Gasteiger partial charge in [-0.25, -0.2) is 0 Å². The number of halogens is 1. The number of aromatic nitrogens is 2. The number of rotatable bonds is 7. The Hall–Kier alpha value is -2.34. The van der Waals surface area contributed by atoms with Crippen LogP contribution in [-0.4, -0.2) is 45.6 Å². The summed E-state index contributed by atoms with van der Waals surface area (Å²) in [5.74, 6) is 0.0629. The molecular weight excluding hydrogens is 352 g/mol. The second kappa shape index (κ2) is 8.36. The lowest BCUT2D eigenvalue weighted by Gasteiger charge is -2.17. The molecule has 26 heavy (non-hydrogen) atoms. The van der Waals surface area contributed by atoms with E-state index in [9.17, 15) is 9.59 Å². The van der Waals surface area contributed by atoms with Crippen LogP contribution >= 0.6 is 11.6 Å². The van der Waals surface area contributed by atoms with Crippen molar-refractivity contribution in [2.24, 2.45) is 7.05 Å². The molecule has 0 radical (unpaired) electrons. The fourth-order valence-electron chi connectivity index (χ4n) is 3.20. The molecule has 1 unspecified atom stereocenters. The normalized spacial score (nSPS) is 16.9. The lowest BCUT2D eigenvalue weighted by molar-refractivity contribution is -0.127. The molecule has 0 spiro atoms. The molecule has 1 saturated heterocycles. The maximum Gasteiger partial charge on any atom is 0.224 e. The zero-order chi connectivity index (χ0) is 18.5. The van der Waals surface area contributed by atoms with Crippen molar-refractivity contribution >= 4 is 23.4 Å². The molecule has 1 aromatic heterocycles. The molecule has 0 aliphatic carbocycles. The van der Waals surface area contributed by atoms with Crippen molar-refractivity contribution in [2.45, 2.75) is 31.7 Å². The summed E-state index contributed by atoms with van der Waals surface area (Å²) in [5, 5.41) is 7.77. The Kier molecular flexibility index (Phi) is 5.93. The van der Waals surface area contributed by atoms with Gasteiger partial charge < -0.3 is 10.2 Å². The molecule has 1 atom stereocenters. The molecule has 138 valence electrons. The summed E-state index contributed by atoms with van der Waals surface area (Å²) in [4.78, 5) is 26.1. The second-order valence-electron chi connectivity index (χ2n) is 6.71. The van der Waals surface area contributed by atoms with Crippen LogP contribution in [0, 0.1) is 0 Å². The van der Waals surface area contributed by atoms with Gasteiger partial charge in [-0.15, -0.1) is 0 Å². The largest absolute Gasteiger partial charge is 0.351 e. The van der Waals surface area contributed by atoms with E-state index in [-0.39, 0.29) is 17.9 Å². The third-order valence-electron chi connectivity index (χ3n) is 4.54. The van der Waals surface area contributed by atoms with Crippen LogP contribution < -0.4 is 5.32 Å². The quantitative estimate of drug-likeness (QED) is 0.805. The highest BCUT2D eigenvalue weighted by atomic mass is 35.5. The van der Waals surface area contributed by atoms with Crippen molar-refractivity contribution in [1.82, 2.24) is 20.0 Å². The molecule has 1 fully saturated rings. The van der Waals surface area contributed by atoms with E-state index < -0.39 is 0 Å². The molecule has 3 rings (SSSR count). The number of carbonyl (C=O) groups excluding carboxylic acids is 2. The van der Waals surface area contributed by atoms with E-state index in [2.05, 4.69) is 10.4 Å². The van der Waals surface area contributed by atoms with Crippen molar-refractivity contribution in [3.05, 3.63) is 52.8 Å². The van der Waals surface area contributed by atoms with Gasteiger partial charge in [0.15, 0.2) is 0 Å². The van der Waals surface area contributed by atoms with E-state index in [0.29, 0.717) is 37.4 Å². The van der Waals surface area contributed by atoms with Crippen LogP contribution in [0.25, 0.3) is 0 Å². The number of benzene rings is 1. The van der Waals surface area contributed by atoms with Crippen LogP contribution in [0.3, 0.4) is 0 Å². The van der Waals surface area contributed by atoms with Gasteiger partial charge in [-0.3, -0.25) is 14.3 Å². The molecule has 1 N–H and O–H groups in total. The van der Waals surface area contributed by atoms with Gasteiger partial charge >= 0.3 is 0 Å². The van der Waals surface area contributed by atoms with Gasteiger partial charge in [0, 0.05) is 44.2 Å². The van der Waals surface area contributed by atoms with Gasteiger partial charge in [0.1, 0.15) is 0 Å². The SMILES string of the molecule is Cn1cc(CCC(=O)NC2CC(=O)N(CCc3cccc(Cl)c3)C2)cn1. The highest BCUT2D eigenvalue weighted by Crippen LogP contribution is 2.15. The Balaban J connectivity index is 1.42. The lowest BCUT2D eigenvalue weighted by atomic mass is 10.1. The van der Waals surface area contributed by atoms with Crippen LogP contribution in [0.1, 0.15) is 24.0 Å². The Morgan fingerprint density at radius 3 is 2.92 bits per heavy atom. The van der Waals surface area contributed by atoms with E-state index in [1.807, 2.05) is 42.4 Å². The minimum atomic E-state index is -0.108. The van der Waals surface area contributed by atoms with Crippen LogP contribution in [0.2, 0.25) is 5.02 Å². The fourth-order valence-corrected chi connectivity index (χ4v) is 3.41. The first-order valence-corrected chi connectivity index (χ1v) is 9.16. The Labute approximate surface area is 158 Å². The highest BCUT2D eigenvalue weighted by Gasteiger charge is 2.30. The smallest absolute Gasteiger partial charge is 0.224 e. The number of amides is 2. The van der Waals surface area contributed by atoms with E-state index in [0.717, 1.165) is 17.5 Å². The van der Waals surface area contributed by atoms with Gasteiger partial charge in [-0.1, -0.05) is 23.7 Å². The third-order valence-corrected chi connectivity index (χ3v) is 4.77. The summed E-state index contributed by atoms with van der Waals surface area (Å²) < 4.78 is 1.72. The maximum atomic E-state index is 12.2. The zero-order valence-corrected chi connectivity index (χ0v) is 15.6. The predicted molar refractivity (Wildman–Crippen MR) is 99.8 cm³/mol. The van der Waals surface area contributed by atoms with E-state index >= 15 is 0 Å². The van der Waals surface area contributed by atoms with Gasteiger partial charge in [0.2, 0.25) is 11.8 Å². The number of nitrogens with one attached hydrogen (secondary N) is 1. The Morgan fingerprint density at radius 2 is 2.19 bits per heavy atom. The summed E-state index contributed by atoms with van der Waals surface area (Å²) in [6.45, 7) is 1.21. The summed E-state index contributed by atoms with van der Waals surface area (Å²) in [6, 6.07) is 7.56. The number of nitrogens with zero attached hydrogens (tertiary/aromatic N) is 3. The van der Waals surface area contributed by atoms with Gasteiger partial charge in [0.25, 0.3) is 0 Å². The van der Waals surface area contributed by atoms with Crippen molar-refractivity contribution in [1.29, 1.82) is 0 Å². The second-order valence-corrected chi connectivity index (χ2v) is 7.15. The number of hydrogen-bond acceptors (Lipinski definition) is 3. The van der Waals surface area contributed by atoms with Crippen LogP contribution in [0.4, 0.5) is 0 Å². The number of aryl methyl sites for hydroxylation is 2. The third kappa shape index (κ3) is 5.08. The van der Waals surface area contributed by atoms with Crippen molar-refractivity contribution in [2.75, 3.05) is 13.1 Å². The standard InChI is InChI=1S/C19H23ClN4O2/c1-23-12-15(11-21-23)5-6-18(25)22-17-10-19(26)24(13-17)8-7-14-3-2-4-16(20)9-14/h2-4,9,11-12,17H,5-8,10,13H2,1H3,(H,22,25). The van der Waals surface area contributed by atoms with E-state index in [4.69, 9.17) is 11.6 Å². The van der Waals surface area contributed by atoms with Crippen LogP contribution in [0.15, 0.2) is 36.7 Å². The molecule has 2 heterocycles. The van der Waals surface area contributed by atoms with Crippen LogP contribution in [0.5, 0.6) is 0 Å². The number of carbonyl (C=O) groups is 2. The average Bonchev–Trinajstić information content (AvgIpc) is 3.16. The molecule has 6 nitrogen and oxygen atoms in total. The fraction of sp³-hybridized carbons (Fsp3) is 0.421. The molecule has 1 aliphatic rings. The van der Waals surface area contributed by atoms with E-state index in [1.54, 1.807) is 10.9 Å². The predicted octanol–water partition coefficient (Wildman–Crippen LogP) is 1.97. The zero-order valence-electron chi connectivity index (χ0n) is 14.8. The van der Waals surface area contributed by atoms with Crippen molar-refractivity contribution in [3.8, 4) is 0 Å². The Bertz CT molecular complexity index is 789. The minimum Gasteiger partial charge on any atom is -0.351 e. The Morgan fingerprint density at radius 1 is 1.35 bits per heavy atom. The molecule has 1 aromatic carbocycles. The topological polar surface area (TPSA) is 67.2 Å². The number of hydrogen-bond donors (Lipinski definition) is 1. The van der Waals surface area contributed by atoms with Crippen molar-refractivity contribution < 1.29 is 9.59 Å². The highest BCUT2D eigenvalue weighted by molar-refractivity contribution is 6.30. The molecule has 2 aromatic rings. The monoisotopic (exact) mass is 374 g/mol. The first-order chi connectivity index (χ1) is 12.5. The lowest BCUT2D eigenvalue weighted by Crippen LogP contribution is -2.37. The van der Waals surface area contributed by atoms with E-state index in [1.165, 1.54) is 0 Å². The number of likely N-dealkylation sites (tertiary alicyclic amines) is 1.